The van der Waals surface area contributed by atoms with E-state index in [4.69, 9.17) is 8.94 Å². The summed E-state index contributed by atoms with van der Waals surface area (Å²) in [5, 5.41) is 0. The molecule has 0 aliphatic heterocycles. The third-order valence-electron chi connectivity index (χ3n) is 1.94. The number of carbonyl (C=O) groups excluding carboxylic acids is 1. The Balaban J connectivity index is 2.73. The molecule has 0 unspecified atom stereocenters. The van der Waals surface area contributed by atoms with E-state index in [9.17, 15) is 9.36 Å². The highest BCUT2D eigenvalue weighted by Gasteiger charge is 2.25. The van der Waals surface area contributed by atoms with Gasteiger partial charge in [-0.3, -0.25) is 13.6 Å². The summed E-state index contributed by atoms with van der Waals surface area (Å²) in [6.07, 6.45) is 1.30. The number of hydrogen-bond acceptors (Lipinski definition) is 7. The van der Waals surface area contributed by atoms with Gasteiger partial charge in [0.2, 0.25) is 5.76 Å². The maximum atomic E-state index is 11.6. The lowest BCUT2D eigenvalue weighted by molar-refractivity contribution is 0.0558. The number of hydrogen-bond donors (Lipinski definition) is 0. The number of esters is 1. The fraction of sp³-hybridized carbons (Fsp3) is 0.444. The molecular weight excluding hydrogens is 251 g/mol. The number of phosphoric ester groups is 1. The van der Waals surface area contributed by atoms with Crippen molar-refractivity contribution in [2.24, 2.45) is 0 Å². The molecule has 0 N–H and O–H groups in total. The van der Waals surface area contributed by atoms with E-state index in [2.05, 4.69) is 13.8 Å². The van der Waals surface area contributed by atoms with E-state index >= 15 is 0 Å². The zero-order valence-electron chi connectivity index (χ0n) is 9.67. The number of phosphoric acid groups is 1. The lowest BCUT2D eigenvalue weighted by atomic mass is 10.3. The Labute approximate surface area is 98.2 Å². The Hall–Kier alpha value is -1.14. The Morgan fingerprint density at radius 3 is 2.53 bits per heavy atom. The smallest absolute Gasteiger partial charge is 0.463 e. The molecule has 7 nitrogen and oxygen atoms in total. The quantitative estimate of drug-likeness (QED) is 0.573. The van der Waals surface area contributed by atoms with Crippen molar-refractivity contribution in [1.82, 2.24) is 0 Å². The van der Waals surface area contributed by atoms with Crippen molar-refractivity contribution in [2.45, 2.75) is 6.61 Å². The molecule has 0 saturated carbocycles. The second kappa shape index (κ2) is 5.97. The molecule has 1 rings (SSSR count). The van der Waals surface area contributed by atoms with Crippen LogP contribution in [0.3, 0.4) is 0 Å². The van der Waals surface area contributed by atoms with E-state index in [1.54, 1.807) is 0 Å². The monoisotopic (exact) mass is 264 g/mol. The molecule has 0 aliphatic rings. The third-order valence-corrected chi connectivity index (χ3v) is 3.28. The zero-order chi connectivity index (χ0) is 12.9. The molecule has 96 valence electrons. The molecule has 0 spiro atoms. The standard InChI is InChI=1S/C9H13O7P/c1-12-9(10)8-7(4-5-15-8)6-16-17(11,13-2)14-3/h4-5H,6H2,1-3H3. The van der Waals surface area contributed by atoms with Crippen LogP contribution in [0, 0.1) is 0 Å². The van der Waals surface area contributed by atoms with E-state index < -0.39 is 13.8 Å². The Morgan fingerprint density at radius 1 is 1.35 bits per heavy atom. The van der Waals surface area contributed by atoms with E-state index in [-0.39, 0.29) is 12.4 Å². The second-order valence-electron chi connectivity index (χ2n) is 2.85. The van der Waals surface area contributed by atoms with Crippen LogP contribution in [0.5, 0.6) is 0 Å². The van der Waals surface area contributed by atoms with Crippen LogP contribution in [0.25, 0.3) is 0 Å². The second-order valence-corrected chi connectivity index (χ2v) is 4.74. The number of rotatable bonds is 6. The molecule has 8 heteroatoms. The fourth-order valence-electron chi connectivity index (χ4n) is 1.05. The summed E-state index contributed by atoms with van der Waals surface area (Å²) in [4.78, 5) is 11.3. The van der Waals surface area contributed by atoms with Crippen molar-refractivity contribution in [3.63, 3.8) is 0 Å². The van der Waals surface area contributed by atoms with Gasteiger partial charge in [-0.05, 0) is 6.07 Å². The van der Waals surface area contributed by atoms with Crippen LogP contribution in [0.4, 0.5) is 0 Å². The summed E-state index contributed by atoms with van der Waals surface area (Å²) in [5.41, 5.74) is 0.395. The molecule has 17 heavy (non-hydrogen) atoms. The first kappa shape index (κ1) is 13.9. The van der Waals surface area contributed by atoms with Crippen LogP contribution in [0.1, 0.15) is 16.1 Å². The van der Waals surface area contributed by atoms with E-state index in [1.807, 2.05) is 0 Å². The molecule has 0 amide bonds. The first-order valence-electron chi connectivity index (χ1n) is 4.57. The average molecular weight is 264 g/mol. The normalized spacial score (nSPS) is 11.5. The van der Waals surface area contributed by atoms with Gasteiger partial charge in [0, 0.05) is 19.8 Å². The molecule has 1 aromatic rings. The minimum absolute atomic E-state index is 0.00810. The first-order chi connectivity index (χ1) is 8.06. The lowest BCUT2D eigenvalue weighted by Gasteiger charge is -2.12. The minimum atomic E-state index is -3.57. The maximum Gasteiger partial charge on any atom is 0.474 e. The van der Waals surface area contributed by atoms with Gasteiger partial charge in [0.25, 0.3) is 0 Å². The van der Waals surface area contributed by atoms with Crippen LogP contribution < -0.4 is 0 Å². The molecule has 0 radical (unpaired) electrons. The van der Waals surface area contributed by atoms with E-state index in [0.717, 1.165) is 0 Å². The van der Waals surface area contributed by atoms with Gasteiger partial charge in [-0.25, -0.2) is 9.36 Å². The predicted octanol–water partition coefficient (Wildman–Crippen LogP) is 1.98. The molecule has 1 aromatic heterocycles. The van der Waals surface area contributed by atoms with E-state index in [0.29, 0.717) is 5.56 Å². The van der Waals surface area contributed by atoms with Gasteiger partial charge in [-0.2, -0.15) is 0 Å². The van der Waals surface area contributed by atoms with Crippen molar-refractivity contribution in [3.05, 3.63) is 23.7 Å². The molecule has 0 atom stereocenters. The van der Waals surface area contributed by atoms with Crippen LogP contribution in [0.15, 0.2) is 16.7 Å². The van der Waals surface area contributed by atoms with Gasteiger partial charge < -0.3 is 9.15 Å². The number of carbonyl (C=O) groups is 1. The van der Waals surface area contributed by atoms with Gasteiger partial charge >= 0.3 is 13.8 Å². The Bertz CT molecular complexity index is 417. The van der Waals surface area contributed by atoms with Crippen LogP contribution >= 0.6 is 7.82 Å². The SMILES string of the molecule is COC(=O)c1occc1COP(=O)(OC)OC. The minimum Gasteiger partial charge on any atom is -0.463 e. The molecule has 0 fully saturated rings. The molecule has 0 aliphatic carbocycles. The summed E-state index contributed by atoms with van der Waals surface area (Å²) in [5.74, 6) is -0.649. The van der Waals surface area contributed by atoms with Gasteiger partial charge in [0.1, 0.15) is 0 Å². The Morgan fingerprint density at radius 2 is 2.00 bits per heavy atom. The van der Waals surface area contributed by atoms with Crippen LogP contribution in [-0.4, -0.2) is 27.3 Å². The maximum absolute atomic E-state index is 11.6. The summed E-state index contributed by atoms with van der Waals surface area (Å²) in [7, 11) is 0.0429. The summed E-state index contributed by atoms with van der Waals surface area (Å²) < 4.78 is 35.1. The van der Waals surface area contributed by atoms with Gasteiger partial charge in [-0.15, -0.1) is 0 Å². The summed E-state index contributed by atoms with van der Waals surface area (Å²) in [6.45, 7) is -0.153. The highest BCUT2D eigenvalue weighted by molar-refractivity contribution is 7.48. The highest BCUT2D eigenvalue weighted by Crippen LogP contribution is 2.48. The zero-order valence-corrected chi connectivity index (χ0v) is 10.6. The number of ether oxygens (including phenoxy) is 1. The predicted molar refractivity (Wildman–Crippen MR) is 56.5 cm³/mol. The van der Waals surface area contributed by atoms with Gasteiger partial charge in [0.05, 0.1) is 20.0 Å². The number of methoxy groups -OCH3 is 1. The fourth-order valence-corrected chi connectivity index (χ4v) is 1.71. The summed E-state index contributed by atoms with van der Waals surface area (Å²) in [6, 6.07) is 1.50. The molecule has 1 heterocycles. The summed E-state index contributed by atoms with van der Waals surface area (Å²) >= 11 is 0. The molecule has 0 bridgehead atoms. The first-order valence-corrected chi connectivity index (χ1v) is 6.03. The van der Waals surface area contributed by atoms with Crippen molar-refractivity contribution < 1.29 is 32.1 Å². The van der Waals surface area contributed by atoms with Crippen molar-refractivity contribution >= 4 is 13.8 Å². The van der Waals surface area contributed by atoms with Crippen LogP contribution in [0.2, 0.25) is 0 Å². The number of furan rings is 1. The van der Waals surface area contributed by atoms with Crippen molar-refractivity contribution in [2.75, 3.05) is 21.3 Å². The van der Waals surface area contributed by atoms with Crippen molar-refractivity contribution in [1.29, 1.82) is 0 Å². The van der Waals surface area contributed by atoms with Gasteiger partial charge in [-0.1, -0.05) is 0 Å². The van der Waals surface area contributed by atoms with Crippen molar-refractivity contribution in [3.8, 4) is 0 Å². The van der Waals surface area contributed by atoms with Gasteiger partial charge in [0.15, 0.2) is 0 Å². The largest absolute Gasteiger partial charge is 0.474 e. The van der Waals surface area contributed by atoms with Crippen LogP contribution in [-0.2, 0) is 29.5 Å². The molecular formula is C9H13O7P. The molecule has 0 aromatic carbocycles. The highest BCUT2D eigenvalue weighted by atomic mass is 31.2. The third kappa shape index (κ3) is 3.41. The van der Waals surface area contributed by atoms with E-state index in [1.165, 1.54) is 33.7 Å². The topological polar surface area (TPSA) is 84.2 Å². The average Bonchev–Trinajstić information content (AvgIpc) is 2.83. The lowest BCUT2D eigenvalue weighted by Crippen LogP contribution is -2.04. The molecule has 0 saturated heterocycles. The Kier molecular flexibility index (Phi) is 4.89.